The van der Waals surface area contributed by atoms with E-state index in [0.717, 1.165) is 11.3 Å². The Bertz CT molecular complexity index is 1190. The lowest BCUT2D eigenvalue weighted by Crippen LogP contribution is -2.28. The number of amides is 1. The van der Waals surface area contributed by atoms with Crippen molar-refractivity contribution in [2.75, 3.05) is 6.61 Å². The molecular weight excluding hydrogens is 368 g/mol. The Labute approximate surface area is 166 Å². The largest absolute Gasteiger partial charge is 0.484 e. The Hall–Kier alpha value is -3.93. The fraction of sp³-hybridized carbons (Fsp3) is 0.0870. The van der Waals surface area contributed by atoms with E-state index in [0.29, 0.717) is 28.8 Å². The van der Waals surface area contributed by atoms with Crippen LogP contribution in [0.2, 0.25) is 0 Å². The van der Waals surface area contributed by atoms with Crippen LogP contribution in [0.4, 0.5) is 0 Å². The molecule has 0 saturated heterocycles. The van der Waals surface area contributed by atoms with E-state index in [9.17, 15) is 9.59 Å². The zero-order chi connectivity index (χ0) is 20.1. The van der Waals surface area contributed by atoms with E-state index in [1.807, 2.05) is 48.5 Å². The maximum absolute atomic E-state index is 12.8. The number of carbonyl (C=O) groups is 1. The molecule has 0 aliphatic rings. The molecule has 6 nitrogen and oxygen atoms in total. The summed E-state index contributed by atoms with van der Waals surface area (Å²) in [6.45, 7) is 0.183. The molecule has 4 aromatic rings. The van der Waals surface area contributed by atoms with Crippen molar-refractivity contribution in [2.24, 2.45) is 0 Å². The normalized spacial score (nSPS) is 10.6. The van der Waals surface area contributed by atoms with Crippen LogP contribution in [-0.4, -0.2) is 17.5 Å². The van der Waals surface area contributed by atoms with Gasteiger partial charge in [0.2, 0.25) is 0 Å². The third kappa shape index (κ3) is 4.32. The molecule has 0 spiro atoms. The Kier molecular flexibility index (Phi) is 5.33. The molecule has 0 saturated carbocycles. The van der Waals surface area contributed by atoms with Crippen LogP contribution in [0, 0.1) is 0 Å². The third-order valence-electron chi connectivity index (χ3n) is 4.39. The van der Waals surface area contributed by atoms with Crippen molar-refractivity contribution < 1.29 is 13.9 Å². The van der Waals surface area contributed by atoms with Crippen LogP contribution in [0.1, 0.15) is 5.69 Å². The third-order valence-corrected chi connectivity index (χ3v) is 4.39. The number of fused-ring (bicyclic) bond motifs is 1. The predicted molar refractivity (Wildman–Crippen MR) is 109 cm³/mol. The lowest BCUT2D eigenvalue weighted by Gasteiger charge is -2.08. The summed E-state index contributed by atoms with van der Waals surface area (Å²) in [5, 5.41) is 3.20. The van der Waals surface area contributed by atoms with Crippen molar-refractivity contribution in [3.8, 4) is 16.9 Å². The fourth-order valence-electron chi connectivity index (χ4n) is 2.91. The van der Waals surface area contributed by atoms with Crippen LogP contribution in [0.5, 0.6) is 5.75 Å². The van der Waals surface area contributed by atoms with Gasteiger partial charge in [0, 0.05) is 12.3 Å². The van der Waals surface area contributed by atoms with Crippen LogP contribution >= 0.6 is 0 Å². The molecule has 0 bridgehead atoms. The molecule has 6 heteroatoms. The van der Waals surface area contributed by atoms with Crippen molar-refractivity contribution in [3.05, 3.63) is 95.1 Å². The van der Waals surface area contributed by atoms with E-state index in [4.69, 9.17) is 9.15 Å². The highest BCUT2D eigenvalue weighted by atomic mass is 16.5. The molecular formula is C23H18N2O4. The van der Waals surface area contributed by atoms with Crippen molar-refractivity contribution in [1.29, 1.82) is 0 Å². The van der Waals surface area contributed by atoms with E-state index < -0.39 is 0 Å². The highest BCUT2D eigenvalue weighted by molar-refractivity contribution is 5.83. The molecule has 144 valence electrons. The highest BCUT2D eigenvalue weighted by Gasteiger charge is 2.10. The fourth-order valence-corrected chi connectivity index (χ4v) is 2.91. The summed E-state index contributed by atoms with van der Waals surface area (Å²) >= 11 is 0. The van der Waals surface area contributed by atoms with Crippen molar-refractivity contribution >= 4 is 16.9 Å². The number of carbonyl (C=O) groups excluding carboxylic acids is 1. The van der Waals surface area contributed by atoms with E-state index >= 15 is 0 Å². The zero-order valence-corrected chi connectivity index (χ0v) is 15.5. The number of rotatable bonds is 6. The molecule has 4 rings (SSSR count). The van der Waals surface area contributed by atoms with Gasteiger partial charge in [-0.25, -0.2) is 0 Å². The maximum Gasteiger partial charge on any atom is 0.258 e. The first kappa shape index (κ1) is 18.4. The number of hydrogen-bond acceptors (Lipinski definition) is 5. The van der Waals surface area contributed by atoms with Gasteiger partial charge in [-0.1, -0.05) is 36.4 Å². The summed E-state index contributed by atoms with van der Waals surface area (Å²) in [6, 6.07) is 19.8. The minimum absolute atomic E-state index is 0.114. The van der Waals surface area contributed by atoms with E-state index in [1.165, 1.54) is 6.26 Å². The van der Waals surface area contributed by atoms with Gasteiger partial charge in [0.15, 0.2) is 12.0 Å². The average Bonchev–Trinajstić information content (AvgIpc) is 2.78. The molecule has 0 aliphatic carbocycles. The first-order valence-electron chi connectivity index (χ1n) is 9.11. The number of nitrogens with one attached hydrogen (secondary N) is 1. The topological polar surface area (TPSA) is 81.4 Å². The lowest BCUT2D eigenvalue weighted by atomic mass is 10.1. The second-order valence-corrected chi connectivity index (χ2v) is 6.39. The van der Waals surface area contributed by atoms with Gasteiger partial charge >= 0.3 is 0 Å². The molecule has 0 radical (unpaired) electrons. The minimum atomic E-state index is -0.267. The number of aromatic nitrogens is 1. The standard InChI is InChI=1S/C23H18N2O4/c26-22(25-13-17-8-4-5-11-24-17)15-28-18-9-10-19-21(12-18)29-14-20(23(19)27)16-6-2-1-3-7-16/h1-12,14H,13,15H2,(H,25,26). The SMILES string of the molecule is O=C(COc1ccc2c(=O)c(-c3ccccc3)coc2c1)NCc1ccccn1. The quantitative estimate of drug-likeness (QED) is 0.548. The van der Waals surface area contributed by atoms with Crippen LogP contribution in [0.3, 0.4) is 0 Å². The highest BCUT2D eigenvalue weighted by Crippen LogP contribution is 2.23. The van der Waals surface area contributed by atoms with Gasteiger partial charge in [0.05, 0.1) is 23.2 Å². The van der Waals surface area contributed by atoms with Crippen LogP contribution in [0.15, 0.2) is 88.4 Å². The first-order chi connectivity index (χ1) is 14.2. The molecule has 2 heterocycles. The van der Waals surface area contributed by atoms with Crippen molar-refractivity contribution in [2.45, 2.75) is 6.54 Å². The second-order valence-electron chi connectivity index (χ2n) is 6.39. The molecule has 0 aliphatic heterocycles. The number of benzene rings is 2. The van der Waals surface area contributed by atoms with Gasteiger partial charge in [0.1, 0.15) is 17.6 Å². The Morgan fingerprint density at radius 1 is 1.03 bits per heavy atom. The summed E-state index contributed by atoms with van der Waals surface area (Å²) in [4.78, 5) is 28.9. The predicted octanol–water partition coefficient (Wildman–Crippen LogP) is 3.55. The summed E-state index contributed by atoms with van der Waals surface area (Å²) in [6.07, 6.45) is 3.12. The molecule has 1 amide bonds. The summed E-state index contributed by atoms with van der Waals surface area (Å²) in [5.41, 5.74) is 2.36. The molecule has 29 heavy (non-hydrogen) atoms. The second kappa shape index (κ2) is 8.39. The lowest BCUT2D eigenvalue weighted by molar-refractivity contribution is -0.123. The summed E-state index contributed by atoms with van der Waals surface area (Å²) < 4.78 is 11.2. The van der Waals surface area contributed by atoms with Crippen LogP contribution in [-0.2, 0) is 11.3 Å². The number of hydrogen-bond donors (Lipinski definition) is 1. The molecule has 2 aromatic heterocycles. The Morgan fingerprint density at radius 3 is 2.66 bits per heavy atom. The smallest absolute Gasteiger partial charge is 0.258 e. The van der Waals surface area contributed by atoms with E-state index in [1.54, 1.807) is 24.4 Å². The van der Waals surface area contributed by atoms with Crippen molar-refractivity contribution in [3.63, 3.8) is 0 Å². The monoisotopic (exact) mass is 386 g/mol. The first-order valence-corrected chi connectivity index (χ1v) is 9.11. The van der Waals surface area contributed by atoms with Gasteiger partial charge in [-0.05, 0) is 29.8 Å². The van der Waals surface area contributed by atoms with Gasteiger partial charge in [-0.3, -0.25) is 14.6 Å². The van der Waals surface area contributed by atoms with E-state index in [-0.39, 0.29) is 17.9 Å². The van der Waals surface area contributed by atoms with Gasteiger partial charge in [-0.2, -0.15) is 0 Å². The molecule has 0 atom stereocenters. The Balaban J connectivity index is 1.44. The minimum Gasteiger partial charge on any atom is -0.484 e. The Morgan fingerprint density at radius 2 is 1.86 bits per heavy atom. The van der Waals surface area contributed by atoms with Gasteiger partial charge in [-0.15, -0.1) is 0 Å². The molecule has 2 aromatic carbocycles. The summed E-state index contributed by atoms with van der Waals surface area (Å²) in [7, 11) is 0. The molecule has 1 N–H and O–H groups in total. The maximum atomic E-state index is 12.8. The number of nitrogens with zero attached hydrogens (tertiary/aromatic N) is 1. The van der Waals surface area contributed by atoms with Crippen molar-refractivity contribution in [1.82, 2.24) is 10.3 Å². The molecule has 0 unspecified atom stereocenters. The zero-order valence-electron chi connectivity index (χ0n) is 15.5. The number of pyridine rings is 1. The van der Waals surface area contributed by atoms with E-state index in [2.05, 4.69) is 10.3 Å². The van der Waals surface area contributed by atoms with Gasteiger partial charge < -0.3 is 14.5 Å². The van der Waals surface area contributed by atoms with Crippen LogP contribution < -0.4 is 15.5 Å². The van der Waals surface area contributed by atoms with Gasteiger partial charge in [0.25, 0.3) is 5.91 Å². The summed E-state index contributed by atoms with van der Waals surface area (Å²) in [5.74, 6) is 0.178. The van der Waals surface area contributed by atoms with Crippen LogP contribution in [0.25, 0.3) is 22.1 Å². The average molecular weight is 386 g/mol. The number of ether oxygens (including phenoxy) is 1. The molecule has 0 fully saturated rings.